The molecule has 2 aromatic carbocycles. The number of nitrogens with zero attached hydrogens (tertiary/aromatic N) is 1. The van der Waals surface area contributed by atoms with Gasteiger partial charge in [0.25, 0.3) is 0 Å². The van der Waals surface area contributed by atoms with E-state index in [4.69, 9.17) is 11.5 Å². The van der Waals surface area contributed by atoms with Crippen molar-refractivity contribution in [2.24, 2.45) is 23.3 Å². The molecule has 1 fully saturated rings. The minimum atomic E-state index is -1.40. The molecule has 4 amide bonds. The Bertz CT molecular complexity index is 1460. The fraction of sp³-hybridized carbons (Fsp3) is 0.575. The van der Waals surface area contributed by atoms with Crippen LogP contribution in [0.3, 0.4) is 0 Å². The smallest absolute Gasteiger partial charge is 0.323 e. The summed E-state index contributed by atoms with van der Waals surface area (Å²) < 4.78 is 0. The van der Waals surface area contributed by atoms with Gasteiger partial charge in [0.05, 0.1) is 6.54 Å². The number of rotatable bonds is 21. The Labute approximate surface area is 314 Å². The van der Waals surface area contributed by atoms with Crippen molar-refractivity contribution in [1.29, 1.82) is 0 Å². The van der Waals surface area contributed by atoms with Gasteiger partial charge in [-0.15, -0.1) is 0 Å². The number of unbranched alkanes of at least 4 members (excludes halogenated alkanes) is 1. The summed E-state index contributed by atoms with van der Waals surface area (Å²) >= 11 is 0. The largest absolute Gasteiger partial charge is 0.480 e. The van der Waals surface area contributed by atoms with Crippen LogP contribution in [0.4, 0.5) is 0 Å². The number of nitrogens with two attached hydrogens (primary N) is 2. The highest BCUT2D eigenvalue weighted by Gasteiger charge is 2.40. The molecule has 0 spiro atoms. The van der Waals surface area contributed by atoms with Crippen LogP contribution in [0.15, 0.2) is 60.7 Å². The number of amides is 4. The molecule has 0 saturated carbocycles. The first-order chi connectivity index (χ1) is 25.2. The summed E-state index contributed by atoms with van der Waals surface area (Å²) in [5, 5.41) is 21.4. The highest BCUT2D eigenvalue weighted by atomic mass is 16.4. The van der Waals surface area contributed by atoms with E-state index in [9.17, 15) is 29.1 Å². The molecule has 0 aliphatic carbocycles. The van der Waals surface area contributed by atoms with Gasteiger partial charge in [-0.25, -0.2) is 0 Å². The number of piperidine rings is 1. The van der Waals surface area contributed by atoms with Crippen LogP contribution in [0.2, 0.25) is 0 Å². The summed E-state index contributed by atoms with van der Waals surface area (Å²) in [7, 11) is 0. The maximum absolute atomic E-state index is 14.0. The minimum Gasteiger partial charge on any atom is -0.480 e. The lowest BCUT2D eigenvalue weighted by Gasteiger charge is -2.38. The lowest BCUT2D eigenvalue weighted by atomic mass is 9.88. The Hall–Kier alpha value is -4.33. The molecular weight excluding hydrogens is 674 g/mol. The van der Waals surface area contributed by atoms with E-state index < -0.39 is 41.4 Å². The summed E-state index contributed by atoms with van der Waals surface area (Å²) in [6.07, 6.45) is 2.26. The third-order valence-electron chi connectivity index (χ3n) is 9.91. The molecule has 0 aromatic heterocycles. The number of carbonyl (C=O) groups excluding carboxylic acids is 4. The number of carboxylic acid groups (broad SMARTS) is 1. The molecule has 0 unspecified atom stereocenters. The number of aliphatic carboxylic acids is 1. The van der Waals surface area contributed by atoms with Crippen molar-refractivity contribution in [3.05, 3.63) is 71.8 Å². The number of carboxylic acids is 1. The van der Waals surface area contributed by atoms with Gasteiger partial charge < -0.3 is 42.7 Å². The Morgan fingerprint density at radius 3 is 1.96 bits per heavy atom. The van der Waals surface area contributed by atoms with Crippen LogP contribution < -0.4 is 32.7 Å². The minimum absolute atomic E-state index is 0.00532. The standard InChI is InChI=1S/C40H61N7O6/c1-27(2)23-33(36(49)45-32(17-11-12-20-41)38(51)47-21-18-40(42,19-22-47)39(52)53)46-37(50)34(24-29-13-7-5-8-14-29)44-35(48)26-43-25-31(28(3)4)30-15-9-6-10-16-30/h5-10,13-16,27-28,31-34,43H,11-12,17-26,41-42H2,1-4H3,(H,44,48)(H,45,49)(H,46,50)(H,52,53)/t31-,32-,33-,34-/m1/s1. The van der Waals surface area contributed by atoms with Crippen LogP contribution in [0.1, 0.15) is 83.3 Å². The van der Waals surface area contributed by atoms with E-state index in [1.165, 1.54) is 5.56 Å². The summed E-state index contributed by atoms with van der Waals surface area (Å²) in [6.45, 7) is 9.45. The number of nitrogens with one attached hydrogen (secondary N) is 4. The summed E-state index contributed by atoms with van der Waals surface area (Å²) in [4.78, 5) is 68.0. The molecular formula is C40H61N7O6. The highest BCUT2D eigenvalue weighted by molar-refractivity contribution is 5.94. The molecule has 13 nitrogen and oxygen atoms in total. The monoisotopic (exact) mass is 735 g/mol. The molecule has 4 atom stereocenters. The van der Waals surface area contributed by atoms with Gasteiger partial charge >= 0.3 is 5.97 Å². The lowest BCUT2D eigenvalue weighted by Crippen LogP contribution is -2.60. The van der Waals surface area contributed by atoms with Crippen molar-refractivity contribution >= 4 is 29.6 Å². The summed E-state index contributed by atoms with van der Waals surface area (Å²) in [6, 6.07) is 16.6. The molecule has 1 aliphatic rings. The topological polar surface area (TPSA) is 209 Å². The molecule has 1 heterocycles. The normalized spacial score (nSPS) is 16.3. The molecule has 3 rings (SSSR count). The van der Waals surface area contributed by atoms with E-state index in [2.05, 4.69) is 47.2 Å². The summed E-state index contributed by atoms with van der Waals surface area (Å²) in [5.74, 6) is -2.26. The van der Waals surface area contributed by atoms with Crippen molar-refractivity contribution < 1.29 is 29.1 Å². The van der Waals surface area contributed by atoms with E-state index in [1.54, 1.807) is 4.90 Å². The molecule has 9 N–H and O–H groups in total. The van der Waals surface area contributed by atoms with Crippen molar-refractivity contribution in [2.75, 3.05) is 32.7 Å². The van der Waals surface area contributed by atoms with Crippen LogP contribution >= 0.6 is 0 Å². The Morgan fingerprint density at radius 2 is 1.40 bits per heavy atom. The van der Waals surface area contributed by atoms with Crippen molar-refractivity contribution in [2.45, 2.75) is 102 Å². The maximum atomic E-state index is 14.0. The zero-order valence-corrected chi connectivity index (χ0v) is 31.8. The SMILES string of the molecule is CC(C)C[C@@H](NC(=O)[C@@H](Cc1ccccc1)NC(=O)CNC[C@@H](c1ccccc1)C(C)C)C(=O)N[C@H](CCCCN)C(=O)N1CCC(N)(C(=O)O)CC1. The molecule has 292 valence electrons. The number of benzene rings is 2. The van der Waals surface area contributed by atoms with E-state index in [0.717, 1.165) is 5.56 Å². The van der Waals surface area contributed by atoms with E-state index >= 15 is 0 Å². The van der Waals surface area contributed by atoms with Gasteiger partial charge in [0.1, 0.15) is 23.7 Å². The lowest BCUT2D eigenvalue weighted by molar-refractivity contribution is -0.148. The predicted octanol–water partition coefficient (Wildman–Crippen LogP) is 2.29. The molecule has 13 heteroatoms. The van der Waals surface area contributed by atoms with E-state index in [-0.39, 0.29) is 62.5 Å². The fourth-order valence-electron chi connectivity index (χ4n) is 6.64. The fourth-order valence-corrected chi connectivity index (χ4v) is 6.64. The zero-order valence-electron chi connectivity index (χ0n) is 31.8. The van der Waals surface area contributed by atoms with Gasteiger partial charge in [-0.1, -0.05) is 88.4 Å². The first kappa shape index (κ1) is 43.1. The zero-order chi connectivity index (χ0) is 39.0. The van der Waals surface area contributed by atoms with Gasteiger partial charge in [-0.05, 0) is 74.0 Å². The highest BCUT2D eigenvalue weighted by Crippen LogP contribution is 2.24. The second kappa shape index (κ2) is 21.4. The Morgan fingerprint density at radius 1 is 0.811 bits per heavy atom. The first-order valence-electron chi connectivity index (χ1n) is 18.9. The van der Waals surface area contributed by atoms with Crippen LogP contribution in [0, 0.1) is 11.8 Å². The van der Waals surface area contributed by atoms with E-state index in [1.807, 2.05) is 62.4 Å². The van der Waals surface area contributed by atoms with Gasteiger partial charge in [-0.2, -0.15) is 0 Å². The van der Waals surface area contributed by atoms with Gasteiger partial charge in [0, 0.05) is 26.1 Å². The Balaban J connectivity index is 1.73. The van der Waals surface area contributed by atoms with Crippen molar-refractivity contribution in [3.63, 3.8) is 0 Å². The molecule has 1 saturated heterocycles. The third kappa shape index (κ3) is 13.9. The average Bonchev–Trinajstić information content (AvgIpc) is 3.12. The van der Waals surface area contributed by atoms with Crippen molar-refractivity contribution in [3.8, 4) is 0 Å². The molecule has 1 aliphatic heterocycles. The van der Waals surface area contributed by atoms with E-state index in [0.29, 0.717) is 44.7 Å². The second-order valence-electron chi connectivity index (χ2n) is 15.0. The van der Waals surface area contributed by atoms with Crippen molar-refractivity contribution in [1.82, 2.24) is 26.2 Å². The number of hydrogen-bond acceptors (Lipinski definition) is 8. The summed E-state index contributed by atoms with van der Waals surface area (Å²) in [5.41, 5.74) is 12.4. The molecule has 53 heavy (non-hydrogen) atoms. The van der Waals surface area contributed by atoms with Gasteiger partial charge in [-0.3, -0.25) is 24.0 Å². The van der Waals surface area contributed by atoms with Crippen LogP contribution in [-0.2, 0) is 30.4 Å². The quantitative estimate of drug-likeness (QED) is 0.0938. The molecule has 0 bridgehead atoms. The predicted molar refractivity (Wildman–Crippen MR) is 206 cm³/mol. The van der Waals surface area contributed by atoms with Crippen LogP contribution in [0.5, 0.6) is 0 Å². The number of likely N-dealkylation sites (tertiary alicyclic amines) is 1. The number of hydrogen-bond donors (Lipinski definition) is 7. The van der Waals surface area contributed by atoms with Gasteiger partial charge in [0.2, 0.25) is 23.6 Å². The first-order valence-corrected chi connectivity index (χ1v) is 18.9. The van der Waals surface area contributed by atoms with Crippen LogP contribution in [-0.4, -0.2) is 96.0 Å². The van der Waals surface area contributed by atoms with Crippen LogP contribution in [0.25, 0.3) is 0 Å². The Kier molecular flexibility index (Phi) is 17.4. The average molecular weight is 736 g/mol. The molecule has 2 aromatic rings. The third-order valence-corrected chi connectivity index (χ3v) is 9.91. The van der Waals surface area contributed by atoms with Gasteiger partial charge in [0.15, 0.2) is 0 Å². The maximum Gasteiger partial charge on any atom is 0.323 e. The molecule has 0 radical (unpaired) electrons. The number of carbonyl (C=O) groups is 5. The second-order valence-corrected chi connectivity index (χ2v) is 15.0.